The Morgan fingerprint density at radius 2 is 2.04 bits per heavy atom. The van der Waals surface area contributed by atoms with Crippen LogP contribution in [0.1, 0.15) is 36.8 Å². The summed E-state index contributed by atoms with van der Waals surface area (Å²) < 4.78 is 10.9. The second-order valence-corrected chi connectivity index (χ2v) is 7.25. The van der Waals surface area contributed by atoms with E-state index < -0.39 is 0 Å². The van der Waals surface area contributed by atoms with Crippen molar-refractivity contribution in [1.82, 2.24) is 4.98 Å². The number of hydrogen-bond acceptors (Lipinski definition) is 5. The molecule has 1 aromatic carbocycles. The van der Waals surface area contributed by atoms with Gasteiger partial charge in [-0.25, -0.2) is 4.98 Å². The van der Waals surface area contributed by atoms with Crippen LogP contribution in [0.4, 0.5) is 11.6 Å². The number of anilines is 2. The third-order valence-electron chi connectivity index (χ3n) is 5.08. The van der Waals surface area contributed by atoms with Crippen LogP contribution in [0.5, 0.6) is 5.75 Å². The van der Waals surface area contributed by atoms with Gasteiger partial charge >= 0.3 is 0 Å². The SMILES string of the molecule is COc1ccc(CNc2cc(C3CC3)cc(N3CCO[C@H](C)C3)n2)cc1. The van der Waals surface area contributed by atoms with Crippen molar-refractivity contribution in [2.45, 2.75) is 38.3 Å². The second-order valence-electron chi connectivity index (χ2n) is 7.25. The van der Waals surface area contributed by atoms with Gasteiger partial charge in [-0.15, -0.1) is 0 Å². The van der Waals surface area contributed by atoms with Gasteiger partial charge in [0.25, 0.3) is 0 Å². The number of ether oxygens (including phenoxy) is 2. The van der Waals surface area contributed by atoms with E-state index in [9.17, 15) is 0 Å². The minimum absolute atomic E-state index is 0.255. The largest absolute Gasteiger partial charge is 0.497 e. The van der Waals surface area contributed by atoms with Gasteiger partial charge in [-0.2, -0.15) is 0 Å². The molecule has 5 heteroatoms. The van der Waals surface area contributed by atoms with Crippen molar-refractivity contribution >= 4 is 11.6 Å². The average molecular weight is 353 g/mol. The lowest BCUT2D eigenvalue weighted by Crippen LogP contribution is -2.41. The monoisotopic (exact) mass is 353 g/mol. The van der Waals surface area contributed by atoms with E-state index in [1.165, 1.54) is 24.0 Å². The maximum absolute atomic E-state index is 5.68. The van der Waals surface area contributed by atoms with Crippen molar-refractivity contribution in [2.24, 2.45) is 0 Å². The maximum Gasteiger partial charge on any atom is 0.131 e. The average Bonchev–Trinajstić information content (AvgIpc) is 3.52. The van der Waals surface area contributed by atoms with Crippen molar-refractivity contribution in [2.75, 3.05) is 37.0 Å². The molecule has 4 rings (SSSR count). The predicted octanol–water partition coefficient (Wildman–Crippen LogP) is 3.80. The summed E-state index contributed by atoms with van der Waals surface area (Å²) in [6.07, 6.45) is 2.84. The second kappa shape index (κ2) is 7.54. The zero-order valence-corrected chi connectivity index (χ0v) is 15.6. The zero-order valence-electron chi connectivity index (χ0n) is 15.6. The maximum atomic E-state index is 5.68. The summed E-state index contributed by atoms with van der Waals surface area (Å²) in [6.45, 7) is 5.46. The summed E-state index contributed by atoms with van der Waals surface area (Å²) in [6, 6.07) is 12.6. The first-order valence-electron chi connectivity index (χ1n) is 9.46. The Hall–Kier alpha value is -2.27. The molecule has 0 unspecified atom stereocenters. The third kappa shape index (κ3) is 4.10. The van der Waals surface area contributed by atoms with Gasteiger partial charge in [0, 0.05) is 19.6 Å². The van der Waals surface area contributed by atoms with Crippen LogP contribution in [0.3, 0.4) is 0 Å². The summed E-state index contributed by atoms with van der Waals surface area (Å²) in [5.41, 5.74) is 2.62. The highest BCUT2D eigenvalue weighted by atomic mass is 16.5. The molecule has 138 valence electrons. The molecule has 1 aliphatic carbocycles. The Labute approximate surface area is 155 Å². The van der Waals surface area contributed by atoms with Crippen LogP contribution in [0, 0.1) is 0 Å². The number of hydrogen-bond donors (Lipinski definition) is 1. The minimum Gasteiger partial charge on any atom is -0.497 e. The van der Waals surface area contributed by atoms with E-state index in [4.69, 9.17) is 14.5 Å². The van der Waals surface area contributed by atoms with Crippen LogP contribution in [-0.4, -0.2) is 37.9 Å². The third-order valence-corrected chi connectivity index (χ3v) is 5.08. The molecule has 2 aliphatic rings. The number of methoxy groups -OCH3 is 1. The summed E-state index contributed by atoms with van der Waals surface area (Å²) in [5, 5.41) is 3.50. The number of rotatable bonds is 6. The number of nitrogens with one attached hydrogen (secondary N) is 1. The molecule has 1 aliphatic heterocycles. The van der Waals surface area contributed by atoms with Gasteiger partial charge in [0.05, 0.1) is 19.8 Å². The lowest BCUT2D eigenvalue weighted by molar-refractivity contribution is 0.0529. The van der Waals surface area contributed by atoms with Gasteiger partial charge < -0.3 is 19.7 Å². The topological polar surface area (TPSA) is 46.6 Å². The smallest absolute Gasteiger partial charge is 0.131 e. The van der Waals surface area contributed by atoms with Crippen LogP contribution in [0.15, 0.2) is 36.4 Å². The Balaban J connectivity index is 1.50. The molecule has 0 amide bonds. The molecule has 1 saturated heterocycles. The summed E-state index contributed by atoms with van der Waals surface area (Å²) >= 11 is 0. The molecule has 2 aromatic rings. The number of aromatic nitrogens is 1. The predicted molar refractivity (Wildman–Crippen MR) is 104 cm³/mol. The molecule has 2 heterocycles. The Morgan fingerprint density at radius 1 is 1.23 bits per heavy atom. The molecular formula is C21H27N3O2. The van der Waals surface area contributed by atoms with Crippen molar-refractivity contribution in [3.05, 3.63) is 47.5 Å². The van der Waals surface area contributed by atoms with Crippen molar-refractivity contribution in [3.63, 3.8) is 0 Å². The first kappa shape index (κ1) is 17.2. The number of benzene rings is 1. The molecule has 0 bridgehead atoms. The highest BCUT2D eigenvalue weighted by molar-refractivity contribution is 5.52. The Bertz CT molecular complexity index is 743. The van der Waals surface area contributed by atoms with Crippen LogP contribution in [0.25, 0.3) is 0 Å². The van der Waals surface area contributed by atoms with Gasteiger partial charge in [0.1, 0.15) is 17.4 Å². The molecule has 0 radical (unpaired) electrons. The summed E-state index contributed by atoms with van der Waals surface area (Å²) in [5.74, 6) is 3.62. The molecule has 5 nitrogen and oxygen atoms in total. The number of morpholine rings is 1. The Kier molecular flexibility index (Phi) is 4.98. The normalized spacial score (nSPS) is 20.1. The fraction of sp³-hybridized carbons (Fsp3) is 0.476. The minimum atomic E-state index is 0.255. The fourth-order valence-corrected chi connectivity index (χ4v) is 3.40. The highest BCUT2D eigenvalue weighted by Crippen LogP contribution is 2.41. The van der Waals surface area contributed by atoms with E-state index in [1.807, 2.05) is 12.1 Å². The van der Waals surface area contributed by atoms with E-state index >= 15 is 0 Å². The molecule has 1 atom stereocenters. The number of nitrogens with zero attached hydrogens (tertiary/aromatic N) is 2. The molecule has 2 fully saturated rings. The highest BCUT2D eigenvalue weighted by Gasteiger charge is 2.26. The molecule has 1 saturated carbocycles. The van der Waals surface area contributed by atoms with E-state index in [2.05, 4.69) is 41.4 Å². The zero-order chi connectivity index (χ0) is 17.9. The molecule has 1 aromatic heterocycles. The van der Waals surface area contributed by atoms with Gasteiger partial charge in [0.2, 0.25) is 0 Å². The van der Waals surface area contributed by atoms with Crippen molar-refractivity contribution < 1.29 is 9.47 Å². The lowest BCUT2D eigenvalue weighted by atomic mass is 10.1. The van der Waals surface area contributed by atoms with E-state index in [-0.39, 0.29) is 6.10 Å². The van der Waals surface area contributed by atoms with Crippen LogP contribution >= 0.6 is 0 Å². The lowest BCUT2D eigenvalue weighted by Gasteiger charge is -2.32. The van der Waals surface area contributed by atoms with Gasteiger partial charge in [-0.1, -0.05) is 12.1 Å². The molecular weight excluding hydrogens is 326 g/mol. The van der Waals surface area contributed by atoms with Crippen molar-refractivity contribution in [3.8, 4) is 5.75 Å². The van der Waals surface area contributed by atoms with E-state index in [0.29, 0.717) is 5.92 Å². The quantitative estimate of drug-likeness (QED) is 0.856. The van der Waals surface area contributed by atoms with Gasteiger partial charge in [0.15, 0.2) is 0 Å². The van der Waals surface area contributed by atoms with Gasteiger partial charge in [-0.05, 0) is 61.1 Å². The standard InChI is InChI=1S/C21H27N3O2/c1-15-14-24(9-10-26-15)21-12-18(17-5-6-17)11-20(23-21)22-13-16-3-7-19(25-2)8-4-16/h3-4,7-8,11-12,15,17H,5-6,9-10,13-14H2,1-2H3,(H,22,23)/t15-/m1/s1. The van der Waals surface area contributed by atoms with Crippen molar-refractivity contribution in [1.29, 1.82) is 0 Å². The van der Waals surface area contributed by atoms with Gasteiger partial charge in [-0.3, -0.25) is 0 Å². The molecule has 26 heavy (non-hydrogen) atoms. The summed E-state index contributed by atoms with van der Waals surface area (Å²) in [7, 11) is 1.69. The molecule has 1 N–H and O–H groups in total. The molecule has 0 spiro atoms. The van der Waals surface area contributed by atoms with Crippen LogP contribution in [-0.2, 0) is 11.3 Å². The first-order valence-corrected chi connectivity index (χ1v) is 9.46. The van der Waals surface area contributed by atoms with Crippen LogP contribution in [0.2, 0.25) is 0 Å². The van der Waals surface area contributed by atoms with Crippen LogP contribution < -0.4 is 15.0 Å². The fourth-order valence-electron chi connectivity index (χ4n) is 3.40. The van der Waals surface area contributed by atoms with E-state index in [0.717, 1.165) is 43.6 Å². The van der Waals surface area contributed by atoms with E-state index in [1.54, 1.807) is 7.11 Å². The first-order chi connectivity index (χ1) is 12.7. The number of pyridine rings is 1. The Morgan fingerprint density at radius 3 is 2.73 bits per heavy atom. The summed E-state index contributed by atoms with van der Waals surface area (Å²) in [4.78, 5) is 7.23.